The van der Waals surface area contributed by atoms with Gasteiger partial charge in [0.25, 0.3) is 11.8 Å². The molecular weight excluding hydrogens is 1130 g/mol. The number of amides is 2. The SMILES string of the molecule is COCCOCCOCCOCCOCCOCCN1C(=CC=CC2=[N+](CCOCCC(=O)ON3C(=O)CCC3=O)c3ccc(S(=O)(=O)[O-])cc3C2(C)CCCS(=O)(=O)[O-])C(C)(CCCS(=O)(=O)[O-])c2cc(S(=O)(=O)[O-])ccc21. The number of hydrogen-bond acceptors (Lipinski definition) is 24. The van der Waals surface area contributed by atoms with Crippen LogP contribution in [0.4, 0.5) is 11.4 Å². The van der Waals surface area contributed by atoms with Crippen LogP contribution in [-0.2, 0) is 104 Å². The summed E-state index contributed by atoms with van der Waals surface area (Å²) in [6.07, 6.45) is 3.67. The van der Waals surface area contributed by atoms with Crippen molar-refractivity contribution in [2.45, 2.75) is 79.4 Å². The Balaban J connectivity index is 1.44. The summed E-state index contributed by atoms with van der Waals surface area (Å²) in [5.41, 5.74) is -0.440. The molecule has 1 saturated heterocycles. The fourth-order valence-corrected chi connectivity index (χ4v) is 11.3. The van der Waals surface area contributed by atoms with Gasteiger partial charge in [-0.25, -0.2) is 38.5 Å². The molecule has 5 rings (SSSR count). The highest BCUT2D eigenvalue weighted by Crippen LogP contribution is 2.51. The third-order valence-electron chi connectivity index (χ3n) is 13.1. The van der Waals surface area contributed by atoms with E-state index in [4.69, 9.17) is 38.0 Å². The van der Waals surface area contributed by atoms with Crippen molar-refractivity contribution in [1.29, 1.82) is 0 Å². The normalized spacial score (nSPS) is 19.4. The Morgan fingerprint density at radius 1 is 0.633 bits per heavy atom. The van der Waals surface area contributed by atoms with Crippen molar-refractivity contribution in [2.24, 2.45) is 0 Å². The molecule has 1 fully saturated rings. The maximum atomic E-state index is 12.5. The number of anilines is 1. The number of benzene rings is 2. The van der Waals surface area contributed by atoms with E-state index < -0.39 is 90.4 Å². The maximum absolute atomic E-state index is 12.5. The number of fused-ring (bicyclic) bond motifs is 2. The van der Waals surface area contributed by atoms with Crippen LogP contribution in [0.2, 0.25) is 0 Å². The first-order chi connectivity index (χ1) is 37.2. The zero-order valence-electron chi connectivity index (χ0n) is 44.0. The number of carbonyl (C=O) groups excluding carboxylic acids is 3. The van der Waals surface area contributed by atoms with Crippen LogP contribution in [0.15, 0.2) is 70.1 Å². The Bertz CT molecular complexity index is 3010. The van der Waals surface area contributed by atoms with Gasteiger partial charge in [0, 0.05) is 72.5 Å². The van der Waals surface area contributed by atoms with Crippen molar-refractivity contribution < 1.29 is 109 Å². The zero-order valence-corrected chi connectivity index (χ0v) is 47.3. The third-order valence-corrected chi connectivity index (χ3v) is 16.4. The van der Waals surface area contributed by atoms with E-state index in [1.54, 1.807) is 48.7 Å². The predicted molar refractivity (Wildman–Crippen MR) is 274 cm³/mol. The van der Waals surface area contributed by atoms with Gasteiger partial charge >= 0.3 is 5.97 Å². The molecule has 3 heterocycles. The number of carbonyl (C=O) groups is 3. The highest BCUT2D eigenvalue weighted by atomic mass is 32.2. The number of allylic oxidation sites excluding steroid dienone is 4. The van der Waals surface area contributed by atoms with Gasteiger partial charge in [-0.05, 0) is 81.5 Å². The van der Waals surface area contributed by atoms with Crippen molar-refractivity contribution in [3.63, 3.8) is 0 Å². The zero-order chi connectivity index (χ0) is 58.1. The van der Waals surface area contributed by atoms with Crippen LogP contribution in [-0.4, -0.2) is 203 Å². The molecule has 79 heavy (non-hydrogen) atoms. The van der Waals surface area contributed by atoms with Crippen molar-refractivity contribution in [2.75, 3.05) is 122 Å². The molecule has 442 valence electrons. The molecule has 30 heteroatoms. The molecule has 2 aromatic rings. The van der Waals surface area contributed by atoms with E-state index in [-0.39, 0.29) is 103 Å². The molecule has 2 atom stereocenters. The van der Waals surface area contributed by atoms with Gasteiger partial charge in [0.05, 0.1) is 121 Å². The van der Waals surface area contributed by atoms with Gasteiger partial charge < -0.3 is 61.1 Å². The van der Waals surface area contributed by atoms with E-state index in [9.17, 15) is 66.3 Å². The molecule has 0 spiro atoms. The topological polar surface area (TPSA) is 363 Å². The van der Waals surface area contributed by atoms with Crippen molar-refractivity contribution in [3.05, 3.63) is 71.5 Å². The molecule has 0 saturated carbocycles. The van der Waals surface area contributed by atoms with Gasteiger partial charge in [0.15, 0.2) is 12.3 Å². The van der Waals surface area contributed by atoms with Crippen molar-refractivity contribution in [3.8, 4) is 0 Å². The molecule has 2 unspecified atom stereocenters. The Kier molecular flexibility index (Phi) is 24.2. The summed E-state index contributed by atoms with van der Waals surface area (Å²) >= 11 is 0. The molecule has 26 nitrogen and oxygen atoms in total. The lowest BCUT2D eigenvalue weighted by molar-refractivity contribution is -0.442. The molecule has 0 aromatic heterocycles. The molecule has 0 bridgehead atoms. The van der Waals surface area contributed by atoms with E-state index in [2.05, 4.69) is 0 Å². The fraction of sp³-hybridized carbons (Fsp3) is 0.592. The van der Waals surface area contributed by atoms with Gasteiger partial charge in [-0.15, -0.1) is 5.06 Å². The minimum atomic E-state index is -5.05. The largest absolute Gasteiger partial charge is 0.748 e. The smallest absolute Gasteiger partial charge is 0.335 e. The summed E-state index contributed by atoms with van der Waals surface area (Å²) in [4.78, 5) is 41.9. The standard InChI is InChI=1S/C49H69N3O23S4/c1-48(16-5-33-76(56,57)58)39-35-37(78(62,63)64)9-11-41(39)50(18-21-69-20-15-47(55)75-52-45(53)13-14-46(52)54)43(48)7-4-8-44-49(2,17-6-34-77(59,60)61)40-36-38(79(65,66)67)10-12-42(40)51(44)19-22-70-25-26-72-29-30-74-32-31-73-28-27-71-24-23-68-3/h4,7-12,35-36H,5-6,13-34H2,1-3H3,(H3-,56,57,58,59,60,61,62,63,64,65,66,67)/p-3. The van der Waals surface area contributed by atoms with Crippen LogP contribution >= 0.6 is 0 Å². The van der Waals surface area contributed by atoms with Crippen molar-refractivity contribution >= 4 is 75.3 Å². The number of hydrogen-bond donors (Lipinski definition) is 0. The summed E-state index contributed by atoms with van der Waals surface area (Å²) in [6, 6.07) is 7.38. The van der Waals surface area contributed by atoms with Crippen molar-refractivity contribution in [1.82, 2.24) is 5.06 Å². The van der Waals surface area contributed by atoms with E-state index in [1.807, 2.05) is 0 Å². The highest BCUT2D eigenvalue weighted by molar-refractivity contribution is 7.86. The number of nitrogens with zero attached hydrogens (tertiary/aromatic N) is 3. The van der Waals surface area contributed by atoms with E-state index in [1.165, 1.54) is 18.2 Å². The van der Waals surface area contributed by atoms with E-state index in [0.29, 0.717) is 79.7 Å². The number of rotatable bonds is 37. The molecular formula is C49H66N3O23S4-3. The Labute approximate surface area is 460 Å². The van der Waals surface area contributed by atoms with Gasteiger partial charge in [-0.1, -0.05) is 6.08 Å². The van der Waals surface area contributed by atoms with Crippen LogP contribution in [0.1, 0.15) is 69.9 Å². The molecule has 3 aliphatic heterocycles. The molecule has 2 aromatic carbocycles. The summed E-state index contributed by atoms with van der Waals surface area (Å²) in [6.45, 7) is 6.48. The van der Waals surface area contributed by atoms with Crippen LogP contribution in [0.25, 0.3) is 0 Å². The summed E-state index contributed by atoms with van der Waals surface area (Å²) in [5, 5.41) is 0.397. The number of hydroxylamine groups is 2. The second kappa shape index (κ2) is 29.4. The summed E-state index contributed by atoms with van der Waals surface area (Å²) < 4.78 is 186. The first kappa shape index (κ1) is 65.2. The van der Waals surface area contributed by atoms with Crippen LogP contribution in [0.5, 0.6) is 0 Å². The second-order valence-corrected chi connectivity index (χ2v) is 24.5. The van der Waals surface area contributed by atoms with Gasteiger partial charge in [-0.3, -0.25) is 9.59 Å². The second-order valence-electron chi connectivity index (χ2n) is 18.7. The summed E-state index contributed by atoms with van der Waals surface area (Å²) in [7, 11) is -18.0. The minimum Gasteiger partial charge on any atom is -0.748 e. The molecule has 0 radical (unpaired) electrons. The first-order valence-electron chi connectivity index (χ1n) is 25.1. The monoisotopic (exact) mass is 1190 g/mol. The third kappa shape index (κ3) is 19.2. The van der Waals surface area contributed by atoms with Gasteiger partial charge in [-0.2, -0.15) is 4.58 Å². The average Bonchev–Trinajstić information content (AvgIpc) is 4.13. The lowest BCUT2D eigenvalue weighted by atomic mass is 9.75. The summed E-state index contributed by atoms with van der Waals surface area (Å²) in [5.74, 6) is -3.84. The lowest BCUT2D eigenvalue weighted by Gasteiger charge is -2.31. The van der Waals surface area contributed by atoms with Gasteiger partial charge in [0.1, 0.15) is 26.8 Å². The average molecular weight is 1190 g/mol. The minimum absolute atomic E-state index is 0.0265. The predicted octanol–water partition coefficient (Wildman–Crippen LogP) is 1.46. The Hall–Kier alpha value is -4.64. The fourth-order valence-electron chi connectivity index (χ4n) is 9.32. The number of imide groups is 1. The van der Waals surface area contributed by atoms with Crippen LogP contribution < -0.4 is 4.90 Å². The molecule has 0 aliphatic carbocycles. The lowest BCUT2D eigenvalue weighted by Crippen LogP contribution is -2.33. The van der Waals surface area contributed by atoms with E-state index >= 15 is 0 Å². The maximum Gasteiger partial charge on any atom is 0.335 e. The molecule has 2 amide bonds. The highest BCUT2D eigenvalue weighted by Gasteiger charge is 2.48. The molecule has 0 N–H and O–H groups in total. The van der Waals surface area contributed by atoms with Crippen LogP contribution in [0.3, 0.4) is 0 Å². The quantitative estimate of drug-likeness (QED) is 0.0400. The Morgan fingerprint density at radius 2 is 1.11 bits per heavy atom. The molecule has 3 aliphatic rings. The number of methoxy groups -OCH3 is 1. The van der Waals surface area contributed by atoms with Gasteiger partial charge in [0.2, 0.25) is 5.69 Å². The van der Waals surface area contributed by atoms with Crippen LogP contribution in [0, 0.1) is 0 Å². The Morgan fingerprint density at radius 3 is 1.63 bits per heavy atom. The first-order valence-corrected chi connectivity index (χ1v) is 31.1. The van der Waals surface area contributed by atoms with E-state index in [0.717, 1.165) is 18.2 Å². The number of ether oxygens (including phenoxy) is 7.